The highest BCUT2D eigenvalue weighted by atomic mass is 35.5. The highest BCUT2D eigenvalue weighted by Gasteiger charge is 2.31. The van der Waals surface area contributed by atoms with Crippen molar-refractivity contribution in [3.05, 3.63) is 29.0 Å². The van der Waals surface area contributed by atoms with E-state index < -0.39 is 6.10 Å². The molecule has 0 saturated carbocycles. The average molecular weight is 421 g/mol. The molecule has 0 radical (unpaired) electrons. The Kier molecular flexibility index (Phi) is 6.39. The van der Waals surface area contributed by atoms with E-state index in [1.807, 2.05) is 34.7 Å². The Morgan fingerprint density at radius 1 is 1.24 bits per heavy atom. The van der Waals surface area contributed by atoms with Gasteiger partial charge in [0.05, 0.1) is 30.4 Å². The lowest BCUT2D eigenvalue weighted by molar-refractivity contribution is -0.131. The summed E-state index contributed by atoms with van der Waals surface area (Å²) in [5.74, 6) is 1.02. The van der Waals surface area contributed by atoms with E-state index in [-0.39, 0.29) is 11.9 Å². The molecule has 2 saturated heterocycles. The van der Waals surface area contributed by atoms with Crippen molar-refractivity contribution in [2.75, 3.05) is 39.4 Å². The van der Waals surface area contributed by atoms with Crippen LogP contribution in [-0.2, 0) is 23.0 Å². The molecule has 0 spiro atoms. The molecule has 2 atom stereocenters. The zero-order valence-corrected chi connectivity index (χ0v) is 17.6. The van der Waals surface area contributed by atoms with Gasteiger partial charge in [-0.05, 0) is 31.0 Å². The highest BCUT2D eigenvalue weighted by molar-refractivity contribution is 6.31. The smallest absolute Gasteiger partial charge is 0.223 e. The van der Waals surface area contributed by atoms with Gasteiger partial charge in [0.1, 0.15) is 5.82 Å². The Balaban J connectivity index is 1.36. The molecule has 2 aromatic rings. The second kappa shape index (κ2) is 9.00. The van der Waals surface area contributed by atoms with Crippen LogP contribution in [0, 0.1) is 0 Å². The molecule has 0 aliphatic carbocycles. The molecule has 2 fully saturated rings. The minimum Gasteiger partial charge on any atom is -0.391 e. The molecule has 1 aromatic heterocycles. The van der Waals surface area contributed by atoms with Crippen LogP contribution < -0.4 is 0 Å². The van der Waals surface area contributed by atoms with Gasteiger partial charge in [-0.15, -0.1) is 0 Å². The van der Waals surface area contributed by atoms with Crippen LogP contribution in [0.1, 0.15) is 25.1 Å². The quantitative estimate of drug-likeness (QED) is 0.817. The van der Waals surface area contributed by atoms with E-state index in [0.29, 0.717) is 37.4 Å². The number of aromatic nitrogens is 2. The number of hydrogen-bond donors (Lipinski definition) is 1. The van der Waals surface area contributed by atoms with Crippen molar-refractivity contribution in [1.29, 1.82) is 0 Å². The van der Waals surface area contributed by atoms with E-state index in [2.05, 4.69) is 9.88 Å². The Morgan fingerprint density at radius 3 is 2.79 bits per heavy atom. The summed E-state index contributed by atoms with van der Waals surface area (Å²) in [5.41, 5.74) is 1.87. The molecule has 29 heavy (non-hydrogen) atoms. The molecular weight excluding hydrogens is 392 g/mol. The Labute approximate surface area is 176 Å². The summed E-state index contributed by atoms with van der Waals surface area (Å²) in [6.07, 6.45) is 2.04. The molecule has 1 aromatic carbocycles. The molecular formula is C21H29ClN4O3. The molecule has 1 amide bonds. The molecule has 4 rings (SSSR count). The first kappa shape index (κ1) is 20.6. The first-order valence-corrected chi connectivity index (χ1v) is 10.8. The predicted molar refractivity (Wildman–Crippen MR) is 112 cm³/mol. The number of ether oxygens (including phenoxy) is 1. The summed E-state index contributed by atoms with van der Waals surface area (Å²) in [6, 6.07) is 5.78. The molecule has 2 aliphatic heterocycles. The molecule has 0 bridgehead atoms. The van der Waals surface area contributed by atoms with Crippen molar-refractivity contribution < 1.29 is 14.6 Å². The van der Waals surface area contributed by atoms with Gasteiger partial charge in [0, 0.05) is 57.1 Å². The minimum atomic E-state index is -0.393. The standard InChI is InChI=1S/C21H29ClN4O3/c1-24-17-3-2-15(22)14-16(17)23-20(24)4-5-21(28)26-8-6-18(19(27)7-9-26)25-10-12-29-13-11-25/h2-3,14,18-19,27H,4-13H2,1H3/t18-,19-/m0/s1. The lowest BCUT2D eigenvalue weighted by Crippen LogP contribution is -2.49. The van der Waals surface area contributed by atoms with Crippen LogP contribution in [0.3, 0.4) is 0 Å². The summed E-state index contributed by atoms with van der Waals surface area (Å²) in [5, 5.41) is 11.3. The van der Waals surface area contributed by atoms with Crippen LogP contribution in [0.15, 0.2) is 18.2 Å². The second-order valence-corrected chi connectivity index (χ2v) is 8.40. The van der Waals surface area contributed by atoms with Gasteiger partial charge in [-0.3, -0.25) is 9.69 Å². The fourth-order valence-electron chi connectivity index (χ4n) is 4.48. The lowest BCUT2D eigenvalue weighted by Gasteiger charge is -2.36. The Morgan fingerprint density at radius 2 is 2.00 bits per heavy atom. The molecule has 1 N–H and O–H groups in total. The number of aryl methyl sites for hydroxylation is 2. The van der Waals surface area contributed by atoms with Gasteiger partial charge >= 0.3 is 0 Å². The van der Waals surface area contributed by atoms with Crippen molar-refractivity contribution in [2.45, 2.75) is 37.8 Å². The van der Waals surface area contributed by atoms with Crippen molar-refractivity contribution in [3.8, 4) is 0 Å². The van der Waals surface area contributed by atoms with Gasteiger partial charge in [-0.2, -0.15) is 0 Å². The third-order valence-electron chi connectivity index (χ3n) is 6.20. The number of fused-ring (bicyclic) bond motifs is 1. The summed E-state index contributed by atoms with van der Waals surface area (Å²) in [7, 11) is 1.97. The predicted octanol–water partition coefficient (Wildman–Crippen LogP) is 1.84. The Hall–Kier alpha value is -1.67. The van der Waals surface area contributed by atoms with Crippen molar-refractivity contribution in [3.63, 3.8) is 0 Å². The van der Waals surface area contributed by atoms with Gasteiger partial charge in [0.15, 0.2) is 0 Å². The van der Waals surface area contributed by atoms with Crippen molar-refractivity contribution >= 4 is 28.5 Å². The average Bonchev–Trinajstić information content (AvgIpc) is 2.90. The van der Waals surface area contributed by atoms with E-state index in [0.717, 1.165) is 49.6 Å². The first-order chi connectivity index (χ1) is 14.0. The zero-order valence-electron chi connectivity index (χ0n) is 16.9. The van der Waals surface area contributed by atoms with Crippen LogP contribution in [0.4, 0.5) is 0 Å². The molecule has 158 valence electrons. The van der Waals surface area contributed by atoms with Gasteiger partial charge in [0.25, 0.3) is 0 Å². The maximum atomic E-state index is 12.8. The van der Waals surface area contributed by atoms with E-state index in [1.165, 1.54) is 0 Å². The van der Waals surface area contributed by atoms with E-state index >= 15 is 0 Å². The summed E-state index contributed by atoms with van der Waals surface area (Å²) in [6.45, 7) is 4.44. The minimum absolute atomic E-state index is 0.112. The number of carbonyl (C=O) groups excluding carboxylic acids is 1. The van der Waals surface area contributed by atoms with E-state index in [4.69, 9.17) is 16.3 Å². The number of hydrogen-bond acceptors (Lipinski definition) is 5. The van der Waals surface area contributed by atoms with Gasteiger partial charge in [-0.25, -0.2) is 4.98 Å². The fourth-order valence-corrected chi connectivity index (χ4v) is 4.65. The molecule has 3 heterocycles. The summed E-state index contributed by atoms with van der Waals surface area (Å²) >= 11 is 6.06. The number of aliphatic hydroxyl groups excluding tert-OH is 1. The summed E-state index contributed by atoms with van der Waals surface area (Å²) < 4.78 is 7.45. The van der Waals surface area contributed by atoms with Gasteiger partial charge in [0.2, 0.25) is 5.91 Å². The number of nitrogens with zero attached hydrogens (tertiary/aromatic N) is 4. The molecule has 7 nitrogen and oxygen atoms in total. The number of halogens is 1. The second-order valence-electron chi connectivity index (χ2n) is 7.96. The number of amides is 1. The molecule has 8 heteroatoms. The number of imidazole rings is 1. The van der Waals surface area contributed by atoms with Crippen LogP contribution >= 0.6 is 11.6 Å². The maximum Gasteiger partial charge on any atom is 0.223 e. The van der Waals surface area contributed by atoms with Crippen LogP contribution in [0.2, 0.25) is 5.02 Å². The number of rotatable bonds is 4. The van der Waals surface area contributed by atoms with E-state index in [1.54, 1.807) is 0 Å². The Bertz CT molecular complexity index is 865. The SMILES string of the molecule is Cn1c(CCC(=O)N2CC[C@H](O)[C@@H](N3CCOCC3)CC2)nc2cc(Cl)ccc21. The number of likely N-dealkylation sites (tertiary alicyclic amines) is 1. The van der Waals surface area contributed by atoms with Crippen molar-refractivity contribution in [2.24, 2.45) is 7.05 Å². The van der Waals surface area contributed by atoms with Gasteiger partial charge < -0.3 is 19.3 Å². The number of morpholine rings is 1. The monoisotopic (exact) mass is 420 g/mol. The highest BCUT2D eigenvalue weighted by Crippen LogP contribution is 2.22. The van der Waals surface area contributed by atoms with Crippen LogP contribution in [-0.4, -0.2) is 81.9 Å². The fraction of sp³-hybridized carbons (Fsp3) is 0.619. The van der Waals surface area contributed by atoms with Gasteiger partial charge in [-0.1, -0.05) is 11.6 Å². The first-order valence-electron chi connectivity index (χ1n) is 10.4. The van der Waals surface area contributed by atoms with Crippen LogP contribution in [0.5, 0.6) is 0 Å². The number of carbonyl (C=O) groups is 1. The number of aliphatic hydroxyl groups is 1. The maximum absolute atomic E-state index is 12.8. The topological polar surface area (TPSA) is 70.8 Å². The zero-order chi connectivity index (χ0) is 20.4. The largest absolute Gasteiger partial charge is 0.391 e. The molecule has 2 aliphatic rings. The molecule has 0 unspecified atom stereocenters. The lowest BCUT2D eigenvalue weighted by atomic mass is 10.0. The third-order valence-corrected chi connectivity index (χ3v) is 6.43. The normalized spacial score (nSPS) is 24.0. The third kappa shape index (κ3) is 4.58. The summed E-state index contributed by atoms with van der Waals surface area (Å²) in [4.78, 5) is 21.7. The van der Waals surface area contributed by atoms with Crippen molar-refractivity contribution in [1.82, 2.24) is 19.4 Å². The van der Waals surface area contributed by atoms with Crippen LogP contribution in [0.25, 0.3) is 11.0 Å². The number of benzene rings is 1. The van der Waals surface area contributed by atoms with E-state index in [9.17, 15) is 9.90 Å².